The first-order chi connectivity index (χ1) is 15.1. The molecule has 0 spiro atoms. The molecule has 1 amide bonds. The summed E-state index contributed by atoms with van der Waals surface area (Å²) in [4.78, 5) is 29.9. The number of thioether (sulfide) groups is 1. The van der Waals surface area contributed by atoms with Gasteiger partial charge in [-0.1, -0.05) is 49.3 Å². The van der Waals surface area contributed by atoms with Gasteiger partial charge in [0.05, 0.1) is 27.2 Å². The predicted molar refractivity (Wildman–Crippen MR) is 121 cm³/mol. The molecule has 0 fully saturated rings. The molecule has 1 heterocycles. The molecule has 0 bridgehead atoms. The first-order valence-electron chi connectivity index (χ1n) is 9.85. The zero-order chi connectivity index (χ0) is 23.5. The van der Waals surface area contributed by atoms with Crippen molar-refractivity contribution >= 4 is 45.9 Å². The Hall–Kier alpha value is -2.52. The molecule has 5 nitrogen and oxygen atoms in total. The van der Waals surface area contributed by atoms with Crippen LogP contribution in [-0.4, -0.2) is 21.2 Å². The minimum absolute atomic E-state index is 0.0176. The molecule has 2 aromatic carbocycles. The van der Waals surface area contributed by atoms with Gasteiger partial charge in [-0.3, -0.25) is 14.2 Å². The summed E-state index contributed by atoms with van der Waals surface area (Å²) in [6.07, 6.45) is -3.88. The summed E-state index contributed by atoms with van der Waals surface area (Å²) >= 11 is 6.67. The quantitative estimate of drug-likeness (QED) is 0.338. The van der Waals surface area contributed by atoms with Crippen molar-refractivity contribution in [2.24, 2.45) is 5.92 Å². The van der Waals surface area contributed by atoms with E-state index in [9.17, 15) is 22.8 Å². The summed E-state index contributed by atoms with van der Waals surface area (Å²) < 4.78 is 40.6. The Morgan fingerprint density at radius 1 is 1.22 bits per heavy atom. The summed E-state index contributed by atoms with van der Waals surface area (Å²) in [6.45, 7) is 4.53. The Morgan fingerprint density at radius 2 is 1.94 bits per heavy atom. The molecule has 1 N–H and O–H groups in total. The molecule has 3 aromatic rings. The molecule has 1 aromatic heterocycles. The second-order valence-corrected chi connectivity index (χ2v) is 8.93. The Kier molecular flexibility index (Phi) is 7.51. The van der Waals surface area contributed by atoms with Crippen molar-refractivity contribution in [2.45, 2.75) is 38.1 Å². The maximum Gasteiger partial charge on any atom is 0.417 e. The molecular weight excluding hydrogens is 463 g/mol. The Bertz CT molecular complexity index is 1200. The van der Waals surface area contributed by atoms with Crippen LogP contribution in [0.15, 0.2) is 52.4 Å². The lowest BCUT2D eigenvalue weighted by Crippen LogP contribution is -2.25. The minimum Gasteiger partial charge on any atom is -0.325 e. The minimum atomic E-state index is -4.63. The SMILES string of the molecule is CC(C)CCn1c(SCC(=O)Nc2ccc(Cl)c(C(F)(F)F)c2)nc2ccccc2c1=O. The standard InChI is InChI=1S/C22H21ClF3N3O2S/c1-13(2)9-10-29-20(31)15-5-3-4-6-18(15)28-21(29)32-12-19(30)27-14-7-8-17(23)16(11-14)22(24,25)26/h3-8,11,13H,9-10,12H2,1-2H3,(H,27,30). The largest absolute Gasteiger partial charge is 0.417 e. The topological polar surface area (TPSA) is 64.0 Å². The molecule has 10 heteroatoms. The molecule has 32 heavy (non-hydrogen) atoms. The number of nitrogens with one attached hydrogen (secondary N) is 1. The van der Waals surface area contributed by atoms with E-state index >= 15 is 0 Å². The fourth-order valence-electron chi connectivity index (χ4n) is 2.99. The van der Waals surface area contributed by atoms with E-state index in [2.05, 4.69) is 10.3 Å². The van der Waals surface area contributed by atoms with E-state index in [1.54, 1.807) is 28.8 Å². The van der Waals surface area contributed by atoms with Crippen molar-refractivity contribution in [3.8, 4) is 0 Å². The van der Waals surface area contributed by atoms with Crippen LogP contribution >= 0.6 is 23.4 Å². The third-order valence-corrected chi connectivity index (χ3v) is 5.95. The Balaban J connectivity index is 1.80. The summed E-state index contributed by atoms with van der Waals surface area (Å²) in [6, 6.07) is 10.1. The van der Waals surface area contributed by atoms with Crippen LogP contribution in [0.5, 0.6) is 0 Å². The number of hydrogen-bond acceptors (Lipinski definition) is 4. The average molecular weight is 484 g/mol. The van der Waals surface area contributed by atoms with E-state index in [0.717, 1.165) is 30.3 Å². The van der Waals surface area contributed by atoms with E-state index in [0.29, 0.717) is 28.5 Å². The van der Waals surface area contributed by atoms with Gasteiger partial charge in [0, 0.05) is 12.2 Å². The van der Waals surface area contributed by atoms with Crippen LogP contribution in [0.1, 0.15) is 25.8 Å². The number of halogens is 4. The Morgan fingerprint density at radius 3 is 2.62 bits per heavy atom. The van der Waals surface area contributed by atoms with Crippen molar-refractivity contribution in [2.75, 3.05) is 11.1 Å². The summed E-state index contributed by atoms with van der Waals surface area (Å²) in [7, 11) is 0. The zero-order valence-corrected chi connectivity index (χ0v) is 18.9. The molecule has 0 aliphatic carbocycles. The van der Waals surface area contributed by atoms with E-state index < -0.39 is 22.7 Å². The Labute approximate surface area is 192 Å². The maximum absolute atomic E-state index is 13.0. The molecule has 0 aliphatic rings. The van der Waals surface area contributed by atoms with Crippen molar-refractivity contribution < 1.29 is 18.0 Å². The molecule has 3 rings (SSSR count). The van der Waals surface area contributed by atoms with Gasteiger partial charge in [-0.15, -0.1) is 0 Å². The lowest BCUT2D eigenvalue weighted by Gasteiger charge is -2.14. The molecule has 170 valence electrons. The number of para-hydroxylation sites is 1. The number of aromatic nitrogens is 2. The maximum atomic E-state index is 13.0. The first kappa shape index (κ1) is 24.1. The van der Waals surface area contributed by atoms with Crippen LogP contribution in [-0.2, 0) is 17.5 Å². The van der Waals surface area contributed by atoms with Crippen LogP contribution in [0.25, 0.3) is 10.9 Å². The van der Waals surface area contributed by atoms with Crippen LogP contribution in [0, 0.1) is 5.92 Å². The molecule has 0 atom stereocenters. The van der Waals surface area contributed by atoms with Crippen molar-refractivity contribution in [3.05, 3.63) is 63.4 Å². The van der Waals surface area contributed by atoms with Crippen LogP contribution in [0.2, 0.25) is 5.02 Å². The van der Waals surface area contributed by atoms with Gasteiger partial charge in [0.15, 0.2) is 5.16 Å². The highest BCUT2D eigenvalue weighted by atomic mass is 35.5. The predicted octanol–water partition coefficient (Wildman–Crippen LogP) is 5.85. The fraction of sp³-hybridized carbons (Fsp3) is 0.318. The second-order valence-electron chi connectivity index (χ2n) is 7.58. The summed E-state index contributed by atoms with van der Waals surface area (Å²) in [5.41, 5.74) is -0.709. The van der Waals surface area contributed by atoms with E-state index in [4.69, 9.17) is 11.6 Å². The fourth-order valence-corrected chi connectivity index (χ4v) is 4.04. The number of amides is 1. The zero-order valence-electron chi connectivity index (χ0n) is 17.4. The van der Waals surface area contributed by atoms with Gasteiger partial charge in [-0.25, -0.2) is 4.98 Å². The highest BCUT2D eigenvalue weighted by Gasteiger charge is 2.33. The van der Waals surface area contributed by atoms with Gasteiger partial charge < -0.3 is 5.32 Å². The number of alkyl halides is 3. The smallest absolute Gasteiger partial charge is 0.325 e. The number of benzene rings is 2. The summed E-state index contributed by atoms with van der Waals surface area (Å²) in [5, 5.41) is 2.87. The normalized spacial score (nSPS) is 11.8. The van der Waals surface area contributed by atoms with Gasteiger partial charge in [-0.05, 0) is 42.7 Å². The molecule has 0 aliphatic heterocycles. The van der Waals surface area contributed by atoms with Crippen LogP contribution in [0.4, 0.5) is 18.9 Å². The number of anilines is 1. The number of hydrogen-bond donors (Lipinski definition) is 1. The number of nitrogens with zero attached hydrogens (tertiary/aromatic N) is 2. The summed E-state index contributed by atoms with van der Waals surface area (Å²) in [5.74, 6) is -0.290. The third kappa shape index (κ3) is 5.83. The highest BCUT2D eigenvalue weighted by molar-refractivity contribution is 7.99. The molecule has 0 radical (unpaired) electrons. The number of carbonyl (C=O) groups is 1. The van der Waals surface area contributed by atoms with Gasteiger partial charge in [0.1, 0.15) is 0 Å². The second kappa shape index (κ2) is 9.95. The van der Waals surface area contributed by atoms with Gasteiger partial charge >= 0.3 is 6.18 Å². The van der Waals surface area contributed by atoms with E-state index in [1.165, 1.54) is 6.07 Å². The molecular formula is C22H21ClF3N3O2S. The number of fused-ring (bicyclic) bond motifs is 1. The lowest BCUT2D eigenvalue weighted by molar-refractivity contribution is -0.137. The van der Waals surface area contributed by atoms with Gasteiger partial charge in [0.2, 0.25) is 5.91 Å². The monoisotopic (exact) mass is 483 g/mol. The van der Waals surface area contributed by atoms with Gasteiger partial charge in [-0.2, -0.15) is 13.2 Å². The van der Waals surface area contributed by atoms with E-state index in [1.807, 2.05) is 13.8 Å². The lowest BCUT2D eigenvalue weighted by atomic mass is 10.1. The van der Waals surface area contributed by atoms with Crippen LogP contribution < -0.4 is 10.9 Å². The molecule has 0 saturated heterocycles. The average Bonchev–Trinajstić information content (AvgIpc) is 2.72. The van der Waals surface area contributed by atoms with Crippen LogP contribution in [0.3, 0.4) is 0 Å². The molecule has 0 saturated carbocycles. The van der Waals surface area contributed by atoms with E-state index in [-0.39, 0.29) is 17.0 Å². The first-order valence-corrected chi connectivity index (χ1v) is 11.2. The van der Waals surface area contributed by atoms with Crippen molar-refractivity contribution in [1.29, 1.82) is 0 Å². The molecule has 0 unspecified atom stereocenters. The highest BCUT2D eigenvalue weighted by Crippen LogP contribution is 2.36. The van der Waals surface area contributed by atoms with Gasteiger partial charge in [0.25, 0.3) is 5.56 Å². The van der Waals surface area contributed by atoms with Crippen molar-refractivity contribution in [1.82, 2.24) is 9.55 Å². The number of rotatable bonds is 7. The van der Waals surface area contributed by atoms with Crippen molar-refractivity contribution in [3.63, 3.8) is 0 Å². The third-order valence-electron chi connectivity index (χ3n) is 4.64. The number of carbonyl (C=O) groups excluding carboxylic acids is 1.